The molecule has 2 atom stereocenters. The van der Waals surface area contributed by atoms with Gasteiger partial charge in [0.25, 0.3) is 0 Å². The number of nitrogens with one attached hydrogen (secondary N) is 1. The fraction of sp³-hybridized carbons (Fsp3) is 0.556. The maximum Gasteiger partial charge on any atom is 0.134 e. The zero-order valence-electron chi connectivity index (χ0n) is 13.0. The van der Waals surface area contributed by atoms with Crippen LogP contribution < -0.4 is 5.32 Å². The average molecular weight is 287 g/mol. The largest absolute Gasteiger partial charge is 0.459 e. The molecule has 1 fully saturated rings. The number of furan rings is 1. The molecule has 3 nitrogen and oxygen atoms in total. The number of rotatable bonds is 6. The molecule has 1 N–H and O–H groups in total. The normalized spacial score (nSPS) is 20.2. The van der Waals surface area contributed by atoms with Gasteiger partial charge in [0.2, 0.25) is 0 Å². The molecule has 0 aliphatic carbocycles. The summed E-state index contributed by atoms with van der Waals surface area (Å²) in [5.41, 5.74) is 2.25. The minimum Gasteiger partial charge on any atom is -0.459 e. The van der Waals surface area contributed by atoms with Crippen LogP contribution in [0, 0.1) is 6.92 Å². The highest BCUT2D eigenvalue weighted by Crippen LogP contribution is 2.29. The summed E-state index contributed by atoms with van der Waals surface area (Å²) in [7, 11) is 0. The molecule has 0 saturated carbocycles. The van der Waals surface area contributed by atoms with E-state index in [0.717, 1.165) is 37.3 Å². The Bertz CT molecular complexity index is 584. The van der Waals surface area contributed by atoms with E-state index in [1.807, 2.05) is 0 Å². The molecule has 114 valence electrons. The standard InChI is InChI=1S/C18H25NO2/c1-3-19-16(8-7-15-5-4-10-20-15)18-12-14-11-13(2)6-9-17(14)21-18/h6,9,11-12,15-16,19H,3-5,7-8,10H2,1-2H3. The van der Waals surface area contributed by atoms with Crippen LogP contribution >= 0.6 is 0 Å². The molecule has 0 radical (unpaired) electrons. The van der Waals surface area contributed by atoms with Gasteiger partial charge in [-0.1, -0.05) is 18.6 Å². The SMILES string of the molecule is CCNC(CCC1CCCO1)c1cc2cc(C)ccc2o1. The summed E-state index contributed by atoms with van der Waals surface area (Å²) in [6, 6.07) is 8.82. The Morgan fingerprint density at radius 2 is 2.24 bits per heavy atom. The quantitative estimate of drug-likeness (QED) is 0.857. The smallest absolute Gasteiger partial charge is 0.134 e. The number of hydrogen-bond donors (Lipinski definition) is 1. The fourth-order valence-electron chi connectivity index (χ4n) is 3.17. The highest BCUT2D eigenvalue weighted by Gasteiger charge is 2.20. The first-order valence-corrected chi connectivity index (χ1v) is 8.11. The van der Waals surface area contributed by atoms with E-state index in [-0.39, 0.29) is 6.04 Å². The van der Waals surface area contributed by atoms with Gasteiger partial charge in [-0.25, -0.2) is 0 Å². The fourth-order valence-corrected chi connectivity index (χ4v) is 3.17. The highest BCUT2D eigenvalue weighted by molar-refractivity contribution is 5.78. The summed E-state index contributed by atoms with van der Waals surface area (Å²) in [5, 5.41) is 4.75. The van der Waals surface area contributed by atoms with Crippen LogP contribution in [0.2, 0.25) is 0 Å². The van der Waals surface area contributed by atoms with Crippen LogP contribution in [0.15, 0.2) is 28.7 Å². The zero-order chi connectivity index (χ0) is 14.7. The molecular formula is C18H25NO2. The highest BCUT2D eigenvalue weighted by atomic mass is 16.5. The first-order valence-electron chi connectivity index (χ1n) is 8.11. The third kappa shape index (κ3) is 3.47. The second-order valence-corrected chi connectivity index (χ2v) is 6.01. The van der Waals surface area contributed by atoms with E-state index in [1.54, 1.807) is 0 Å². The van der Waals surface area contributed by atoms with Gasteiger partial charge in [0, 0.05) is 12.0 Å². The Labute approximate surface area is 126 Å². The van der Waals surface area contributed by atoms with Gasteiger partial charge in [-0.15, -0.1) is 0 Å². The third-order valence-corrected chi connectivity index (χ3v) is 4.29. The van der Waals surface area contributed by atoms with Gasteiger partial charge in [-0.05, 0) is 57.4 Å². The third-order valence-electron chi connectivity index (χ3n) is 4.29. The molecule has 3 rings (SSSR count). The molecule has 1 aromatic heterocycles. The van der Waals surface area contributed by atoms with Crippen molar-refractivity contribution in [1.29, 1.82) is 0 Å². The Morgan fingerprint density at radius 3 is 3.00 bits per heavy atom. The lowest BCUT2D eigenvalue weighted by molar-refractivity contribution is 0.0989. The topological polar surface area (TPSA) is 34.4 Å². The van der Waals surface area contributed by atoms with Crippen LogP contribution in [-0.2, 0) is 4.74 Å². The molecule has 3 heteroatoms. The lowest BCUT2D eigenvalue weighted by Crippen LogP contribution is -2.22. The monoisotopic (exact) mass is 287 g/mol. The number of benzene rings is 1. The molecule has 2 aromatic rings. The summed E-state index contributed by atoms with van der Waals surface area (Å²) in [5.74, 6) is 1.05. The maximum absolute atomic E-state index is 6.05. The van der Waals surface area contributed by atoms with Crippen molar-refractivity contribution in [3.8, 4) is 0 Å². The molecule has 0 bridgehead atoms. The molecule has 1 saturated heterocycles. The predicted octanol–water partition coefficient (Wildman–Crippen LogP) is 4.35. The Kier molecular flexibility index (Phi) is 4.61. The van der Waals surface area contributed by atoms with E-state index < -0.39 is 0 Å². The minimum absolute atomic E-state index is 0.284. The molecule has 0 spiro atoms. The van der Waals surface area contributed by atoms with Gasteiger partial charge < -0.3 is 14.5 Å². The molecule has 1 aromatic carbocycles. The van der Waals surface area contributed by atoms with Crippen molar-refractivity contribution in [1.82, 2.24) is 5.32 Å². The zero-order valence-corrected chi connectivity index (χ0v) is 13.0. The Hall–Kier alpha value is -1.32. The second-order valence-electron chi connectivity index (χ2n) is 6.01. The van der Waals surface area contributed by atoms with E-state index in [1.165, 1.54) is 23.8 Å². The number of fused-ring (bicyclic) bond motifs is 1. The van der Waals surface area contributed by atoms with E-state index in [2.05, 4.69) is 43.4 Å². The van der Waals surface area contributed by atoms with E-state index >= 15 is 0 Å². The van der Waals surface area contributed by atoms with Crippen molar-refractivity contribution in [3.05, 3.63) is 35.6 Å². The molecule has 21 heavy (non-hydrogen) atoms. The predicted molar refractivity (Wildman–Crippen MR) is 85.6 cm³/mol. The Morgan fingerprint density at radius 1 is 1.33 bits per heavy atom. The number of ether oxygens (including phenoxy) is 1. The minimum atomic E-state index is 0.284. The summed E-state index contributed by atoms with van der Waals surface area (Å²) in [6.07, 6.45) is 5.03. The van der Waals surface area contributed by atoms with Crippen molar-refractivity contribution in [2.45, 2.75) is 51.7 Å². The lowest BCUT2D eigenvalue weighted by Gasteiger charge is -2.17. The molecular weight excluding hydrogens is 262 g/mol. The molecule has 0 amide bonds. The summed E-state index contributed by atoms with van der Waals surface area (Å²) in [4.78, 5) is 0. The van der Waals surface area contributed by atoms with Crippen LogP contribution in [0.25, 0.3) is 11.0 Å². The van der Waals surface area contributed by atoms with Crippen molar-refractivity contribution in [3.63, 3.8) is 0 Å². The molecule has 1 aliphatic heterocycles. The van der Waals surface area contributed by atoms with Crippen LogP contribution in [0.4, 0.5) is 0 Å². The molecule has 1 aliphatic rings. The molecule has 2 heterocycles. The average Bonchev–Trinajstić information content (AvgIpc) is 3.11. The number of aryl methyl sites for hydroxylation is 1. The molecule has 2 unspecified atom stereocenters. The van der Waals surface area contributed by atoms with Gasteiger partial charge in [-0.2, -0.15) is 0 Å². The first-order chi connectivity index (χ1) is 10.3. The first kappa shape index (κ1) is 14.6. The van der Waals surface area contributed by atoms with E-state index in [9.17, 15) is 0 Å². The maximum atomic E-state index is 6.05. The van der Waals surface area contributed by atoms with Crippen molar-refractivity contribution in [2.75, 3.05) is 13.2 Å². The van der Waals surface area contributed by atoms with Crippen molar-refractivity contribution >= 4 is 11.0 Å². The van der Waals surface area contributed by atoms with Crippen molar-refractivity contribution < 1.29 is 9.15 Å². The number of hydrogen-bond acceptors (Lipinski definition) is 3. The lowest BCUT2D eigenvalue weighted by atomic mass is 10.0. The van der Waals surface area contributed by atoms with Crippen LogP contribution in [0.3, 0.4) is 0 Å². The summed E-state index contributed by atoms with van der Waals surface area (Å²) >= 11 is 0. The van der Waals surface area contributed by atoms with Gasteiger partial charge in [0.15, 0.2) is 0 Å². The van der Waals surface area contributed by atoms with Gasteiger partial charge in [0.1, 0.15) is 11.3 Å². The van der Waals surface area contributed by atoms with Crippen LogP contribution in [-0.4, -0.2) is 19.3 Å². The van der Waals surface area contributed by atoms with E-state index in [0.29, 0.717) is 6.10 Å². The Balaban J connectivity index is 1.74. The van der Waals surface area contributed by atoms with E-state index in [4.69, 9.17) is 9.15 Å². The van der Waals surface area contributed by atoms with Gasteiger partial charge in [0.05, 0.1) is 12.1 Å². The summed E-state index contributed by atoms with van der Waals surface area (Å²) in [6.45, 7) is 6.14. The van der Waals surface area contributed by atoms with Gasteiger partial charge in [-0.3, -0.25) is 0 Å². The van der Waals surface area contributed by atoms with Crippen molar-refractivity contribution in [2.24, 2.45) is 0 Å². The van der Waals surface area contributed by atoms with Gasteiger partial charge >= 0.3 is 0 Å². The van der Waals surface area contributed by atoms with Crippen LogP contribution in [0.5, 0.6) is 0 Å². The second kappa shape index (κ2) is 6.63. The summed E-state index contributed by atoms with van der Waals surface area (Å²) < 4.78 is 11.8. The van der Waals surface area contributed by atoms with Crippen LogP contribution in [0.1, 0.15) is 50.0 Å².